The highest BCUT2D eigenvalue weighted by molar-refractivity contribution is 6.31. The second-order valence-electron chi connectivity index (χ2n) is 5.79. The van der Waals surface area contributed by atoms with Gasteiger partial charge in [-0.25, -0.2) is 9.97 Å². The monoisotopic (exact) mass is 314 g/mol. The molecule has 2 atom stereocenters. The molecule has 6 heteroatoms. The Labute approximate surface area is 130 Å². The smallest absolute Gasteiger partial charge is 0.138 e. The topological polar surface area (TPSA) is 32.3 Å². The molecule has 0 bridgehead atoms. The maximum absolute atomic E-state index is 6.14. The first-order valence-corrected chi connectivity index (χ1v) is 8.12. The number of rotatable bonds is 2. The molecule has 0 aromatic carbocycles. The third-order valence-corrected chi connectivity index (χ3v) is 5.24. The van der Waals surface area contributed by atoms with E-state index < -0.39 is 0 Å². The molecule has 2 aliphatic heterocycles. The van der Waals surface area contributed by atoms with E-state index >= 15 is 0 Å². The van der Waals surface area contributed by atoms with Gasteiger partial charge in [0, 0.05) is 24.7 Å². The summed E-state index contributed by atoms with van der Waals surface area (Å²) in [5.41, 5.74) is 0.860. The molecule has 0 spiro atoms. The van der Waals surface area contributed by atoms with E-state index in [2.05, 4.69) is 26.8 Å². The molecule has 0 N–H and O–H groups in total. The lowest BCUT2D eigenvalue weighted by Crippen LogP contribution is -2.53. The van der Waals surface area contributed by atoms with Crippen molar-refractivity contribution in [3.05, 3.63) is 17.0 Å². The van der Waals surface area contributed by atoms with E-state index in [1.54, 1.807) is 0 Å². The Bertz CT molecular complexity index is 482. The van der Waals surface area contributed by atoms with Crippen molar-refractivity contribution in [3.63, 3.8) is 0 Å². The maximum atomic E-state index is 6.14. The predicted octanol–water partition coefficient (Wildman–Crippen LogP) is 2.79. The zero-order valence-electron chi connectivity index (χ0n) is 11.7. The third-order valence-electron chi connectivity index (χ3n) is 4.65. The van der Waals surface area contributed by atoms with Crippen LogP contribution in [0.2, 0.25) is 5.15 Å². The van der Waals surface area contributed by atoms with E-state index in [0.29, 0.717) is 11.0 Å². The average Bonchev–Trinajstić information content (AvgIpc) is 2.47. The van der Waals surface area contributed by atoms with Crippen LogP contribution in [-0.4, -0.2) is 47.6 Å². The minimum Gasteiger partial charge on any atom is -0.356 e. The van der Waals surface area contributed by atoms with Gasteiger partial charge in [-0.1, -0.05) is 11.6 Å². The number of fused-ring (bicyclic) bond motifs is 1. The minimum atomic E-state index is 0.361. The Morgan fingerprint density at radius 3 is 2.95 bits per heavy atom. The molecule has 110 valence electrons. The molecular formula is C14H20Cl2N4. The van der Waals surface area contributed by atoms with E-state index in [1.807, 2.05) is 0 Å². The largest absolute Gasteiger partial charge is 0.356 e. The number of halogens is 2. The van der Waals surface area contributed by atoms with Crippen molar-refractivity contribution in [2.75, 3.05) is 31.6 Å². The number of hydrogen-bond donors (Lipinski definition) is 0. The summed E-state index contributed by atoms with van der Waals surface area (Å²) in [6.45, 7) is 3.29. The Kier molecular flexibility index (Phi) is 4.34. The van der Waals surface area contributed by atoms with Gasteiger partial charge >= 0.3 is 0 Å². The van der Waals surface area contributed by atoms with E-state index in [4.69, 9.17) is 23.2 Å². The minimum absolute atomic E-state index is 0.361. The van der Waals surface area contributed by atoms with Crippen LogP contribution in [0.3, 0.4) is 0 Å². The summed E-state index contributed by atoms with van der Waals surface area (Å²) in [7, 11) is 2.25. The molecule has 0 saturated carbocycles. The molecule has 0 aliphatic carbocycles. The number of hydrogen-bond acceptors (Lipinski definition) is 4. The van der Waals surface area contributed by atoms with Crippen molar-refractivity contribution in [2.24, 2.45) is 5.92 Å². The molecule has 2 saturated heterocycles. The van der Waals surface area contributed by atoms with Crippen LogP contribution in [0, 0.1) is 5.92 Å². The van der Waals surface area contributed by atoms with Crippen LogP contribution in [0.4, 0.5) is 5.82 Å². The zero-order chi connectivity index (χ0) is 14.1. The standard InChI is InChI=1S/C14H20Cl2N4/c1-19-5-2-3-10-8-20(6-4-12(10)19)14-11(7-15)13(16)17-9-18-14/h9-10,12H,2-8H2,1H3. The lowest BCUT2D eigenvalue weighted by Gasteiger charge is -2.46. The summed E-state index contributed by atoms with van der Waals surface area (Å²) in [6.07, 6.45) is 5.32. The van der Waals surface area contributed by atoms with Gasteiger partial charge in [0.15, 0.2) is 0 Å². The SMILES string of the molecule is CN1CCCC2CN(c3ncnc(Cl)c3CCl)CCC21. The van der Waals surface area contributed by atoms with Gasteiger partial charge in [0.05, 0.1) is 5.88 Å². The summed E-state index contributed by atoms with van der Waals surface area (Å²) in [6, 6.07) is 0.719. The molecule has 3 heterocycles. The fourth-order valence-electron chi connectivity index (χ4n) is 3.61. The number of alkyl halides is 1. The summed E-state index contributed by atoms with van der Waals surface area (Å²) in [5, 5.41) is 0.480. The van der Waals surface area contributed by atoms with E-state index in [0.717, 1.165) is 36.4 Å². The van der Waals surface area contributed by atoms with E-state index in [9.17, 15) is 0 Å². The lowest BCUT2D eigenvalue weighted by atomic mass is 9.84. The third kappa shape index (κ3) is 2.61. The second-order valence-corrected chi connectivity index (χ2v) is 6.41. The molecule has 1 aromatic rings. The Morgan fingerprint density at radius 1 is 1.30 bits per heavy atom. The summed E-state index contributed by atoms with van der Waals surface area (Å²) >= 11 is 12.2. The quantitative estimate of drug-likeness (QED) is 0.620. The summed E-state index contributed by atoms with van der Waals surface area (Å²) in [4.78, 5) is 13.3. The van der Waals surface area contributed by atoms with E-state index in [-0.39, 0.29) is 0 Å². The molecule has 2 fully saturated rings. The van der Waals surface area contributed by atoms with Crippen molar-refractivity contribution in [2.45, 2.75) is 31.2 Å². The number of piperidine rings is 2. The van der Waals surface area contributed by atoms with Gasteiger partial charge < -0.3 is 9.80 Å². The van der Waals surface area contributed by atoms with Gasteiger partial charge in [0.25, 0.3) is 0 Å². The number of nitrogens with zero attached hydrogens (tertiary/aromatic N) is 4. The van der Waals surface area contributed by atoms with Crippen molar-refractivity contribution < 1.29 is 0 Å². The zero-order valence-corrected chi connectivity index (χ0v) is 13.2. The molecule has 1 aromatic heterocycles. The molecular weight excluding hydrogens is 295 g/mol. The fourth-order valence-corrected chi connectivity index (χ4v) is 4.12. The Morgan fingerprint density at radius 2 is 2.15 bits per heavy atom. The van der Waals surface area contributed by atoms with Crippen LogP contribution in [0.5, 0.6) is 0 Å². The van der Waals surface area contributed by atoms with Gasteiger partial charge in [-0.15, -0.1) is 11.6 Å². The highest BCUT2D eigenvalue weighted by atomic mass is 35.5. The van der Waals surface area contributed by atoms with Crippen molar-refractivity contribution in [3.8, 4) is 0 Å². The summed E-state index contributed by atoms with van der Waals surface area (Å²) in [5.74, 6) is 2.01. The number of anilines is 1. The van der Waals surface area contributed by atoms with Gasteiger partial charge in [-0.3, -0.25) is 0 Å². The molecule has 20 heavy (non-hydrogen) atoms. The van der Waals surface area contributed by atoms with Crippen LogP contribution in [0.25, 0.3) is 0 Å². The molecule has 4 nitrogen and oxygen atoms in total. The first-order chi connectivity index (χ1) is 9.70. The van der Waals surface area contributed by atoms with Crippen molar-refractivity contribution in [1.29, 1.82) is 0 Å². The molecule has 2 aliphatic rings. The number of aromatic nitrogens is 2. The molecule has 0 amide bonds. The number of likely N-dealkylation sites (tertiary alicyclic amines) is 1. The highest BCUT2D eigenvalue weighted by Gasteiger charge is 2.35. The molecule has 2 unspecified atom stereocenters. The normalized spacial score (nSPS) is 27.4. The Balaban J connectivity index is 1.81. The van der Waals surface area contributed by atoms with Crippen LogP contribution in [0.15, 0.2) is 6.33 Å². The van der Waals surface area contributed by atoms with Crippen LogP contribution in [-0.2, 0) is 5.88 Å². The van der Waals surface area contributed by atoms with Crippen molar-refractivity contribution >= 4 is 29.0 Å². The van der Waals surface area contributed by atoms with Crippen LogP contribution < -0.4 is 4.90 Å². The van der Waals surface area contributed by atoms with Gasteiger partial charge in [0.2, 0.25) is 0 Å². The van der Waals surface area contributed by atoms with Crippen LogP contribution in [0.1, 0.15) is 24.8 Å². The van der Waals surface area contributed by atoms with Crippen molar-refractivity contribution in [1.82, 2.24) is 14.9 Å². The first-order valence-electron chi connectivity index (χ1n) is 7.21. The van der Waals surface area contributed by atoms with Gasteiger partial charge in [-0.05, 0) is 38.8 Å². The first kappa shape index (κ1) is 14.4. The highest BCUT2D eigenvalue weighted by Crippen LogP contribution is 2.33. The predicted molar refractivity (Wildman–Crippen MR) is 82.6 cm³/mol. The molecule has 3 rings (SSSR count). The fraction of sp³-hybridized carbons (Fsp3) is 0.714. The Hall–Kier alpha value is -0.580. The second kappa shape index (κ2) is 6.04. The molecule has 0 radical (unpaired) electrons. The van der Waals surface area contributed by atoms with Crippen LogP contribution >= 0.6 is 23.2 Å². The van der Waals surface area contributed by atoms with E-state index in [1.165, 1.54) is 32.1 Å². The average molecular weight is 315 g/mol. The maximum Gasteiger partial charge on any atom is 0.138 e. The van der Waals surface area contributed by atoms with Gasteiger partial charge in [0.1, 0.15) is 17.3 Å². The van der Waals surface area contributed by atoms with Gasteiger partial charge in [-0.2, -0.15) is 0 Å². The lowest BCUT2D eigenvalue weighted by molar-refractivity contribution is 0.102. The summed E-state index contributed by atoms with van der Waals surface area (Å²) < 4.78 is 0.